The minimum absolute atomic E-state index is 0.0269. The lowest BCUT2D eigenvalue weighted by Crippen LogP contribution is -2.32. The van der Waals surface area contributed by atoms with Crippen molar-refractivity contribution in [1.29, 1.82) is 0 Å². The smallest absolute Gasteiger partial charge is 0.226 e. The molecule has 0 saturated carbocycles. The molecule has 1 heterocycles. The molecule has 17 heavy (non-hydrogen) atoms. The molecule has 1 N–H and O–H groups in total. The Kier molecular flexibility index (Phi) is 6.22. The Labute approximate surface area is 103 Å². The molecular formula is C13H23NO3. The van der Waals surface area contributed by atoms with Crippen molar-refractivity contribution in [1.82, 2.24) is 5.32 Å². The van der Waals surface area contributed by atoms with Crippen molar-refractivity contribution < 1.29 is 14.3 Å². The Bertz CT molecular complexity index is 247. The Morgan fingerprint density at radius 2 is 2.18 bits per heavy atom. The van der Waals surface area contributed by atoms with Gasteiger partial charge in [-0.25, -0.2) is 0 Å². The summed E-state index contributed by atoms with van der Waals surface area (Å²) in [5.41, 5.74) is 0. The Morgan fingerprint density at radius 3 is 2.76 bits per heavy atom. The van der Waals surface area contributed by atoms with Crippen LogP contribution in [-0.2, 0) is 14.3 Å². The van der Waals surface area contributed by atoms with Crippen LogP contribution in [0.5, 0.6) is 0 Å². The van der Waals surface area contributed by atoms with Gasteiger partial charge in [-0.15, -0.1) is 6.58 Å². The maximum absolute atomic E-state index is 11.4. The quantitative estimate of drug-likeness (QED) is 0.569. The molecule has 1 aliphatic rings. The molecule has 4 nitrogen and oxygen atoms in total. The second kappa shape index (κ2) is 7.45. The second-order valence-electron chi connectivity index (χ2n) is 4.66. The molecule has 0 spiro atoms. The van der Waals surface area contributed by atoms with Crippen LogP contribution < -0.4 is 5.32 Å². The zero-order valence-electron chi connectivity index (χ0n) is 10.8. The van der Waals surface area contributed by atoms with Gasteiger partial charge >= 0.3 is 0 Å². The van der Waals surface area contributed by atoms with Gasteiger partial charge in [-0.05, 0) is 6.42 Å². The number of nitrogens with one attached hydrogen (secondary N) is 1. The number of hydrogen-bond donors (Lipinski definition) is 1. The predicted molar refractivity (Wildman–Crippen MR) is 66.5 cm³/mol. The summed E-state index contributed by atoms with van der Waals surface area (Å²) >= 11 is 0. The fourth-order valence-corrected chi connectivity index (χ4v) is 1.55. The first-order chi connectivity index (χ1) is 8.13. The number of ether oxygens (including phenoxy) is 2. The highest BCUT2D eigenvalue weighted by atomic mass is 16.7. The monoisotopic (exact) mass is 241 g/mol. The lowest BCUT2D eigenvalue weighted by atomic mass is 10.1. The van der Waals surface area contributed by atoms with Crippen LogP contribution in [0.2, 0.25) is 0 Å². The van der Waals surface area contributed by atoms with E-state index < -0.39 is 0 Å². The maximum Gasteiger partial charge on any atom is 0.226 e. The second-order valence-corrected chi connectivity index (χ2v) is 4.66. The minimum atomic E-state index is -0.127. The Morgan fingerprint density at radius 1 is 1.53 bits per heavy atom. The Hall–Kier alpha value is -0.870. The maximum atomic E-state index is 11.4. The van der Waals surface area contributed by atoms with Gasteiger partial charge < -0.3 is 14.8 Å². The van der Waals surface area contributed by atoms with E-state index >= 15 is 0 Å². The molecule has 1 fully saturated rings. The van der Waals surface area contributed by atoms with E-state index in [2.05, 4.69) is 18.8 Å². The standard InChI is InChI=1S/C13H23NO3/c1-4-11(3)13(15)14-7-5-6-12-16-8-10(2)9-17-12/h4,10-12H,1,5-9H2,2-3H3,(H,14,15). The van der Waals surface area contributed by atoms with E-state index in [1.807, 2.05) is 6.92 Å². The largest absolute Gasteiger partial charge is 0.356 e. The van der Waals surface area contributed by atoms with Crippen LogP contribution in [0.3, 0.4) is 0 Å². The molecule has 0 aromatic rings. The number of carbonyl (C=O) groups excluding carboxylic acids is 1. The van der Waals surface area contributed by atoms with Gasteiger partial charge in [-0.1, -0.05) is 19.9 Å². The summed E-state index contributed by atoms with van der Waals surface area (Å²) in [5.74, 6) is 0.386. The topological polar surface area (TPSA) is 47.6 Å². The molecular weight excluding hydrogens is 218 g/mol. The van der Waals surface area contributed by atoms with Gasteiger partial charge in [0.15, 0.2) is 6.29 Å². The van der Waals surface area contributed by atoms with Crippen LogP contribution in [-0.4, -0.2) is 32.0 Å². The molecule has 4 heteroatoms. The first kappa shape index (κ1) is 14.2. The fourth-order valence-electron chi connectivity index (χ4n) is 1.55. The summed E-state index contributed by atoms with van der Waals surface area (Å²) in [7, 11) is 0. The number of rotatable bonds is 6. The summed E-state index contributed by atoms with van der Waals surface area (Å²) in [5, 5.41) is 2.86. The normalized spacial score (nSPS) is 26.2. The van der Waals surface area contributed by atoms with Crippen LogP contribution >= 0.6 is 0 Å². The molecule has 0 radical (unpaired) electrons. The highest BCUT2D eigenvalue weighted by Crippen LogP contribution is 2.14. The highest BCUT2D eigenvalue weighted by molar-refractivity contribution is 5.79. The van der Waals surface area contributed by atoms with E-state index in [0.717, 1.165) is 26.1 Å². The third-order valence-corrected chi connectivity index (χ3v) is 2.82. The number of hydrogen-bond acceptors (Lipinski definition) is 3. The van der Waals surface area contributed by atoms with Gasteiger partial charge in [0, 0.05) is 18.9 Å². The van der Waals surface area contributed by atoms with Gasteiger partial charge in [0.2, 0.25) is 5.91 Å². The molecule has 98 valence electrons. The first-order valence-electron chi connectivity index (χ1n) is 6.27. The van der Waals surface area contributed by atoms with Gasteiger partial charge in [0.25, 0.3) is 0 Å². The lowest BCUT2D eigenvalue weighted by Gasteiger charge is -2.27. The summed E-state index contributed by atoms with van der Waals surface area (Å²) in [6.07, 6.45) is 3.24. The van der Waals surface area contributed by atoms with E-state index in [4.69, 9.17) is 9.47 Å². The first-order valence-corrected chi connectivity index (χ1v) is 6.27. The van der Waals surface area contributed by atoms with Crippen LogP contribution in [0.25, 0.3) is 0 Å². The van der Waals surface area contributed by atoms with E-state index in [1.54, 1.807) is 6.08 Å². The van der Waals surface area contributed by atoms with Crippen molar-refractivity contribution in [2.75, 3.05) is 19.8 Å². The molecule has 0 bridgehead atoms. The van der Waals surface area contributed by atoms with Crippen LogP contribution in [0.1, 0.15) is 26.7 Å². The van der Waals surface area contributed by atoms with Gasteiger partial charge in [-0.3, -0.25) is 4.79 Å². The van der Waals surface area contributed by atoms with Crippen molar-refractivity contribution in [3.05, 3.63) is 12.7 Å². The lowest BCUT2D eigenvalue weighted by molar-refractivity contribution is -0.200. The van der Waals surface area contributed by atoms with E-state index in [0.29, 0.717) is 12.5 Å². The third kappa shape index (κ3) is 5.33. The van der Waals surface area contributed by atoms with Crippen LogP contribution in [0.15, 0.2) is 12.7 Å². The molecule has 1 saturated heterocycles. The van der Waals surface area contributed by atoms with Crippen molar-refractivity contribution in [3.8, 4) is 0 Å². The van der Waals surface area contributed by atoms with E-state index in [9.17, 15) is 4.79 Å². The van der Waals surface area contributed by atoms with Crippen molar-refractivity contribution in [2.45, 2.75) is 33.0 Å². The third-order valence-electron chi connectivity index (χ3n) is 2.82. The summed E-state index contributed by atoms with van der Waals surface area (Å²) < 4.78 is 11.0. The summed E-state index contributed by atoms with van der Waals surface area (Å²) in [6, 6.07) is 0. The zero-order valence-corrected chi connectivity index (χ0v) is 10.8. The molecule has 1 atom stereocenters. The van der Waals surface area contributed by atoms with Crippen molar-refractivity contribution in [3.63, 3.8) is 0 Å². The fraction of sp³-hybridized carbons (Fsp3) is 0.769. The molecule has 1 unspecified atom stereocenters. The molecule has 1 rings (SSSR count). The molecule has 1 aliphatic heterocycles. The van der Waals surface area contributed by atoms with Gasteiger partial charge in [-0.2, -0.15) is 0 Å². The van der Waals surface area contributed by atoms with Crippen molar-refractivity contribution in [2.24, 2.45) is 11.8 Å². The van der Waals surface area contributed by atoms with E-state index in [-0.39, 0.29) is 18.1 Å². The molecule has 1 amide bonds. The SMILES string of the molecule is C=CC(C)C(=O)NCCCC1OCC(C)CO1. The number of carbonyl (C=O) groups is 1. The summed E-state index contributed by atoms with van der Waals surface area (Å²) in [6.45, 7) is 9.72. The molecule has 0 aliphatic carbocycles. The predicted octanol–water partition coefficient (Wildman–Crippen LogP) is 1.71. The highest BCUT2D eigenvalue weighted by Gasteiger charge is 2.18. The Balaban J connectivity index is 2.04. The van der Waals surface area contributed by atoms with Crippen LogP contribution in [0.4, 0.5) is 0 Å². The molecule has 0 aromatic carbocycles. The zero-order chi connectivity index (χ0) is 12.7. The average Bonchev–Trinajstić information content (AvgIpc) is 2.35. The number of amides is 1. The van der Waals surface area contributed by atoms with Gasteiger partial charge in [0.1, 0.15) is 0 Å². The van der Waals surface area contributed by atoms with Gasteiger partial charge in [0.05, 0.1) is 19.1 Å². The average molecular weight is 241 g/mol. The van der Waals surface area contributed by atoms with Crippen LogP contribution in [0, 0.1) is 11.8 Å². The summed E-state index contributed by atoms with van der Waals surface area (Å²) in [4.78, 5) is 11.4. The molecule has 0 aromatic heterocycles. The minimum Gasteiger partial charge on any atom is -0.356 e. The van der Waals surface area contributed by atoms with Crippen molar-refractivity contribution >= 4 is 5.91 Å². The van der Waals surface area contributed by atoms with E-state index in [1.165, 1.54) is 0 Å².